The number of aromatic nitrogens is 3. The molecule has 1 N–H and O–H groups in total. The molecule has 1 atom stereocenters. The molecule has 3 rings (SSSR count). The number of carbonyl (C=O) groups is 2. The number of carbonyl (C=O) groups excluding carboxylic acids is 1. The van der Waals surface area contributed by atoms with Crippen molar-refractivity contribution in [2.24, 2.45) is 5.92 Å². The van der Waals surface area contributed by atoms with Crippen LogP contribution in [-0.4, -0.2) is 50.0 Å². The van der Waals surface area contributed by atoms with Crippen LogP contribution in [0.3, 0.4) is 0 Å². The SMILES string of the molecule is O=C(O)CC[C@H]1CCCN(C(=O)Cn2cc(-c3ccccc3)nn2)C1. The van der Waals surface area contributed by atoms with Gasteiger partial charge in [-0.15, -0.1) is 5.10 Å². The maximum Gasteiger partial charge on any atom is 0.303 e. The molecule has 0 spiro atoms. The van der Waals surface area contributed by atoms with Crippen LogP contribution in [0.25, 0.3) is 11.3 Å². The summed E-state index contributed by atoms with van der Waals surface area (Å²) in [4.78, 5) is 25.1. The molecule has 1 fully saturated rings. The van der Waals surface area contributed by atoms with E-state index in [1.54, 1.807) is 10.9 Å². The summed E-state index contributed by atoms with van der Waals surface area (Å²) < 4.78 is 1.56. The molecule has 0 bridgehead atoms. The van der Waals surface area contributed by atoms with Crippen LogP contribution in [-0.2, 0) is 16.1 Å². The van der Waals surface area contributed by atoms with Crippen LogP contribution < -0.4 is 0 Å². The number of aliphatic carboxylic acids is 1. The van der Waals surface area contributed by atoms with Crippen LogP contribution in [0, 0.1) is 5.92 Å². The first kappa shape index (κ1) is 17.1. The highest BCUT2D eigenvalue weighted by molar-refractivity contribution is 5.76. The fraction of sp³-hybridized carbons (Fsp3) is 0.444. The third-order valence-corrected chi connectivity index (χ3v) is 4.54. The summed E-state index contributed by atoms with van der Waals surface area (Å²) in [5, 5.41) is 17.0. The first-order valence-corrected chi connectivity index (χ1v) is 8.57. The minimum atomic E-state index is -0.778. The number of benzene rings is 1. The van der Waals surface area contributed by atoms with Gasteiger partial charge in [-0.1, -0.05) is 35.5 Å². The molecule has 1 aromatic heterocycles. The summed E-state index contributed by atoms with van der Waals surface area (Å²) in [5.41, 5.74) is 1.71. The van der Waals surface area contributed by atoms with E-state index in [1.807, 2.05) is 35.2 Å². The van der Waals surface area contributed by atoms with Gasteiger partial charge in [0.25, 0.3) is 0 Å². The number of carboxylic acid groups (broad SMARTS) is 1. The summed E-state index contributed by atoms with van der Waals surface area (Å²) in [7, 11) is 0. The fourth-order valence-corrected chi connectivity index (χ4v) is 3.21. The Kier molecular flexibility index (Phi) is 5.42. The lowest BCUT2D eigenvalue weighted by Crippen LogP contribution is -2.41. The Balaban J connectivity index is 1.57. The number of rotatable bonds is 6. The second kappa shape index (κ2) is 7.92. The summed E-state index contributed by atoms with van der Waals surface area (Å²) in [5.74, 6) is -0.506. The molecule has 0 aliphatic carbocycles. The van der Waals surface area contributed by atoms with Crippen LogP contribution in [0.5, 0.6) is 0 Å². The lowest BCUT2D eigenvalue weighted by Gasteiger charge is -2.32. The molecular weight excluding hydrogens is 320 g/mol. The van der Waals surface area contributed by atoms with E-state index in [9.17, 15) is 9.59 Å². The first-order valence-electron chi connectivity index (χ1n) is 8.57. The van der Waals surface area contributed by atoms with Crippen molar-refractivity contribution in [3.63, 3.8) is 0 Å². The van der Waals surface area contributed by atoms with Crippen molar-refractivity contribution >= 4 is 11.9 Å². The van der Waals surface area contributed by atoms with Crippen LogP contribution in [0.15, 0.2) is 36.5 Å². The van der Waals surface area contributed by atoms with Gasteiger partial charge in [0, 0.05) is 25.1 Å². The van der Waals surface area contributed by atoms with Crippen molar-refractivity contribution in [2.45, 2.75) is 32.2 Å². The van der Waals surface area contributed by atoms with E-state index < -0.39 is 5.97 Å². The second-order valence-corrected chi connectivity index (χ2v) is 6.45. The van der Waals surface area contributed by atoms with Gasteiger partial charge in [0.05, 0.1) is 6.20 Å². The van der Waals surface area contributed by atoms with Gasteiger partial charge in [-0.05, 0) is 25.2 Å². The molecule has 1 saturated heterocycles. The normalized spacial score (nSPS) is 17.4. The minimum Gasteiger partial charge on any atom is -0.481 e. The zero-order valence-corrected chi connectivity index (χ0v) is 14.0. The second-order valence-electron chi connectivity index (χ2n) is 6.45. The lowest BCUT2D eigenvalue weighted by atomic mass is 9.93. The molecule has 1 aromatic carbocycles. The van der Waals surface area contributed by atoms with E-state index in [0.29, 0.717) is 13.0 Å². The fourth-order valence-electron chi connectivity index (χ4n) is 3.21. The highest BCUT2D eigenvalue weighted by Gasteiger charge is 2.24. The maximum atomic E-state index is 12.5. The molecular formula is C18H22N4O3. The lowest BCUT2D eigenvalue weighted by molar-refractivity contribution is -0.137. The number of likely N-dealkylation sites (tertiary alicyclic amines) is 1. The van der Waals surface area contributed by atoms with Crippen molar-refractivity contribution in [2.75, 3.05) is 13.1 Å². The average Bonchev–Trinajstić information content (AvgIpc) is 3.09. The molecule has 7 nitrogen and oxygen atoms in total. The molecule has 7 heteroatoms. The molecule has 0 radical (unpaired) electrons. The quantitative estimate of drug-likeness (QED) is 0.868. The number of amides is 1. The van der Waals surface area contributed by atoms with Crippen molar-refractivity contribution in [1.29, 1.82) is 0 Å². The Labute approximate surface area is 146 Å². The Morgan fingerprint density at radius 3 is 2.80 bits per heavy atom. The Hall–Kier alpha value is -2.70. The Morgan fingerprint density at radius 2 is 2.04 bits per heavy atom. The van der Waals surface area contributed by atoms with Crippen LogP contribution >= 0.6 is 0 Å². The molecule has 2 aromatic rings. The van der Waals surface area contributed by atoms with Crippen molar-refractivity contribution in [1.82, 2.24) is 19.9 Å². The molecule has 1 aliphatic rings. The van der Waals surface area contributed by atoms with E-state index >= 15 is 0 Å². The molecule has 25 heavy (non-hydrogen) atoms. The predicted octanol–water partition coefficient (Wildman–Crippen LogP) is 2.05. The van der Waals surface area contributed by atoms with Gasteiger partial charge in [0.1, 0.15) is 12.2 Å². The van der Waals surface area contributed by atoms with E-state index in [4.69, 9.17) is 5.11 Å². The third-order valence-electron chi connectivity index (χ3n) is 4.54. The minimum absolute atomic E-state index is 0.00420. The number of hydrogen-bond acceptors (Lipinski definition) is 4. The van der Waals surface area contributed by atoms with E-state index in [2.05, 4.69) is 10.3 Å². The van der Waals surface area contributed by atoms with E-state index in [-0.39, 0.29) is 24.8 Å². The number of piperidine rings is 1. The number of carboxylic acids is 1. The van der Waals surface area contributed by atoms with Crippen molar-refractivity contribution in [3.05, 3.63) is 36.5 Å². The maximum absolute atomic E-state index is 12.5. The largest absolute Gasteiger partial charge is 0.481 e. The average molecular weight is 342 g/mol. The van der Waals surface area contributed by atoms with Gasteiger partial charge in [-0.2, -0.15) is 0 Å². The summed E-state index contributed by atoms with van der Waals surface area (Å²) in [6, 6.07) is 9.71. The van der Waals surface area contributed by atoms with Gasteiger partial charge < -0.3 is 10.0 Å². The Bertz CT molecular complexity index is 729. The van der Waals surface area contributed by atoms with Crippen LogP contribution in [0.2, 0.25) is 0 Å². The molecule has 132 valence electrons. The van der Waals surface area contributed by atoms with Gasteiger partial charge in [-0.25, -0.2) is 4.68 Å². The molecule has 1 aliphatic heterocycles. The standard InChI is InChI=1S/C18H22N4O3/c23-17(21-10-4-5-14(11-21)8-9-18(24)25)13-22-12-16(19-20-22)15-6-2-1-3-7-15/h1-3,6-7,12,14H,4-5,8-11,13H2,(H,24,25)/t14-/m1/s1. The van der Waals surface area contributed by atoms with Gasteiger partial charge in [0.15, 0.2) is 0 Å². The zero-order chi connectivity index (χ0) is 17.6. The van der Waals surface area contributed by atoms with E-state index in [1.165, 1.54) is 0 Å². The first-order chi connectivity index (χ1) is 12.1. The van der Waals surface area contributed by atoms with Crippen LogP contribution in [0.4, 0.5) is 0 Å². The topological polar surface area (TPSA) is 88.3 Å². The molecule has 2 heterocycles. The smallest absolute Gasteiger partial charge is 0.303 e. The zero-order valence-electron chi connectivity index (χ0n) is 14.0. The monoisotopic (exact) mass is 342 g/mol. The van der Waals surface area contributed by atoms with Gasteiger partial charge >= 0.3 is 5.97 Å². The Morgan fingerprint density at radius 1 is 1.24 bits per heavy atom. The van der Waals surface area contributed by atoms with Gasteiger partial charge in [0.2, 0.25) is 5.91 Å². The third kappa shape index (κ3) is 4.65. The highest BCUT2D eigenvalue weighted by Crippen LogP contribution is 2.21. The predicted molar refractivity (Wildman–Crippen MR) is 91.6 cm³/mol. The summed E-state index contributed by atoms with van der Waals surface area (Å²) >= 11 is 0. The van der Waals surface area contributed by atoms with Gasteiger partial charge in [-0.3, -0.25) is 9.59 Å². The summed E-state index contributed by atoms with van der Waals surface area (Å²) in [6.45, 7) is 1.51. The van der Waals surface area contributed by atoms with Crippen molar-refractivity contribution < 1.29 is 14.7 Å². The van der Waals surface area contributed by atoms with E-state index in [0.717, 1.165) is 30.6 Å². The molecule has 1 amide bonds. The molecule has 0 unspecified atom stereocenters. The number of nitrogens with zero attached hydrogens (tertiary/aromatic N) is 4. The van der Waals surface area contributed by atoms with Crippen LogP contribution in [0.1, 0.15) is 25.7 Å². The molecule has 0 saturated carbocycles. The number of hydrogen-bond donors (Lipinski definition) is 1. The summed E-state index contributed by atoms with van der Waals surface area (Å²) in [6.07, 6.45) is 4.47. The highest BCUT2D eigenvalue weighted by atomic mass is 16.4. The van der Waals surface area contributed by atoms with Crippen molar-refractivity contribution in [3.8, 4) is 11.3 Å².